The zero-order valence-corrected chi connectivity index (χ0v) is 16.7. The lowest BCUT2D eigenvalue weighted by Crippen LogP contribution is -2.25. The number of carbonyl (C=O) groups is 2. The van der Waals surface area contributed by atoms with Crippen molar-refractivity contribution in [3.63, 3.8) is 0 Å². The average Bonchev–Trinajstić information content (AvgIpc) is 3.19. The normalized spacial score (nSPS) is 12.4. The highest BCUT2D eigenvalue weighted by atomic mass is 19.1. The smallest absolute Gasteiger partial charge is 0.259 e. The van der Waals surface area contributed by atoms with Crippen LogP contribution in [0.5, 0.6) is 5.75 Å². The predicted octanol–water partition coefficient (Wildman–Crippen LogP) is 4.55. The van der Waals surface area contributed by atoms with Crippen LogP contribution in [-0.2, 0) is 13.1 Å². The van der Waals surface area contributed by atoms with E-state index < -0.39 is 11.7 Å². The summed E-state index contributed by atoms with van der Waals surface area (Å²) in [6, 6.07) is 17.3. The highest BCUT2D eigenvalue weighted by molar-refractivity contribution is 6.07. The Bertz CT molecular complexity index is 1120. The number of carbonyl (C=O) groups excluding carboxylic acids is 2. The molecule has 0 radical (unpaired) electrons. The van der Waals surface area contributed by atoms with Gasteiger partial charge in [0.1, 0.15) is 0 Å². The van der Waals surface area contributed by atoms with Crippen molar-refractivity contribution >= 4 is 17.5 Å². The van der Waals surface area contributed by atoms with Gasteiger partial charge in [0.15, 0.2) is 11.6 Å². The largest absolute Gasteiger partial charge is 0.493 e. The Morgan fingerprint density at radius 2 is 1.70 bits per heavy atom. The summed E-state index contributed by atoms with van der Waals surface area (Å²) < 4.78 is 19.0. The molecule has 0 unspecified atom stereocenters. The van der Waals surface area contributed by atoms with E-state index in [-0.39, 0.29) is 17.2 Å². The number of benzene rings is 3. The zero-order valence-electron chi connectivity index (χ0n) is 16.7. The highest BCUT2D eigenvalue weighted by Crippen LogP contribution is 2.27. The van der Waals surface area contributed by atoms with Crippen LogP contribution in [0.3, 0.4) is 0 Å². The molecule has 3 aromatic rings. The number of rotatable bonds is 4. The van der Waals surface area contributed by atoms with Crippen molar-refractivity contribution in [3.05, 3.63) is 94.3 Å². The first-order valence-electron chi connectivity index (χ1n) is 9.58. The Balaban J connectivity index is 1.56. The number of methoxy groups -OCH3 is 1. The number of halogens is 1. The Morgan fingerprint density at radius 1 is 1.00 bits per heavy atom. The molecule has 152 valence electrons. The van der Waals surface area contributed by atoms with E-state index in [1.165, 1.54) is 25.3 Å². The van der Waals surface area contributed by atoms with Crippen molar-refractivity contribution in [2.24, 2.45) is 0 Å². The highest BCUT2D eigenvalue weighted by Gasteiger charge is 2.24. The van der Waals surface area contributed by atoms with Gasteiger partial charge < -0.3 is 15.0 Å². The first kappa shape index (κ1) is 19.6. The van der Waals surface area contributed by atoms with E-state index in [9.17, 15) is 14.0 Å². The van der Waals surface area contributed by atoms with E-state index in [4.69, 9.17) is 4.74 Å². The monoisotopic (exact) mass is 404 g/mol. The van der Waals surface area contributed by atoms with Crippen LogP contribution >= 0.6 is 0 Å². The van der Waals surface area contributed by atoms with Crippen LogP contribution in [0.4, 0.5) is 10.1 Å². The molecule has 6 heteroatoms. The third-order valence-electron chi connectivity index (χ3n) is 5.28. The van der Waals surface area contributed by atoms with Crippen molar-refractivity contribution in [2.75, 3.05) is 12.4 Å². The van der Waals surface area contributed by atoms with Crippen LogP contribution in [0.15, 0.2) is 60.7 Å². The van der Waals surface area contributed by atoms with Gasteiger partial charge >= 0.3 is 0 Å². The minimum atomic E-state index is -0.612. The lowest BCUT2D eigenvalue weighted by atomic mass is 10.1. The van der Waals surface area contributed by atoms with Crippen molar-refractivity contribution in [1.29, 1.82) is 0 Å². The summed E-state index contributed by atoms with van der Waals surface area (Å²) in [6.07, 6.45) is 0. The van der Waals surface area contributed by atoms with Gasteiger partial charge in [0, 0.05) is 24.3 Å². The van der Waals surface area contributed by atoms with Gasteiger partial charge in [-0.05, 0) is 47.9 Å². The van der Waals surface area contributed by atoms with Gasteiger partial charge in [-0.1, -0.05) is 36.4 Å². The lowest BCUT2D eigenvalue weighted by molar-refractivity contribution is 0.0751. The summed E-state index contributed by atoms with van der Waals surface area (Å²) in [5.74, 6) is -1.34. The quantitative estimate of drug-likeness (QED) is 0.694. The number of para-hydroxylation sites is 1. The van der Waals surface area contributed by atoms with Gasteiger partial charge in [-0.25, -0.2) is 4.39 Å². The molecule has 0 atom stereocenters. The van der Waals surface area contributed by atoms with Gasteiger partial charge in [-0.2, -0.15) is 0 Å². The number of fused-ring (bicyclic) bond motifs is 1. The van der Waals surface area contributed by atoms with E-state index in [2.05, 4.69) is 5.32 Å². The molecule has 4 rings (SSSR count). The third kappa shape index (κ3) is 3.64. The van der Waals surface area contributed by atoms with Crippen LogP contribution in [0.2, 0.25) is 0 Å². The molecule has 3 aromatic carbocycles. The summed E-state index contributed by atoms with van der Waals surface area (Å²) in [5.41, 5.74) is 4.14. The number of amides is 2. The Kier molecular flexibility index (Phi) is 5.23. The van der Waals surface area contributed by atoms with Crippen molar-refractivity contribution in [1.82, 2.24) is 4.90 Å². The number of nitrogens with zero attached hydrogens (tertiary/aromatic N) is 1. The molecule has 5 nitrogen and oxygen atoms in total. The second-order valence-corrected chi connectivity index (χ2v) is 7.23. The summed E-state index contributed by atoms with van der Waals surface area (Å²) >= 11 is 0. The first-order valence-corrected chi connectivity index (χ1v) is 9.58. The Labute approximate surface area is 174 Å². The summed E-state index contributed by atoms with van der Waals surface area (Å²) in [7, 11) is 1.31. The molecule has 0 spiro atoms. The van der Waals surface area contributed by atoms with Crippen LogP contribution < -0.4 is 10.1 Å². The minimum absolute atomic E-state index is 0.0867. The summed E-state index contributed by atoms with van der Waals surface area (Å²) in [6.45, 7) is 2.95. The number of nitrogens with one attached hydrogen (secondary N) is 1. The van der Waals surface area contributed by atoms with E-state index >= 15 is 0 Å². The molecule has 0 aliphatic carbocycles. The Morgan fingerprint density at radius 3 is 2.37 bits per heavy atom. The fourth-order valence-electron chi connectivity index (χ4n) is 3.63. The topological polar surface area (TPSA) is 58.6 Å². The van der Waals surface area contributed by atoms with Gasteiger partial charge in [0.2, 0.25) is 0 Å². The second-order valence-electron chi connectivity index (χ2n) is 7.23. The number of anilines is 1. The maximum Gasteiger partial charge on any atom is 0.259 e. The molecule has 1 N–H and O–H groups in total. The summed E-state index contributed by atoms with van der Waals surface area (Å²) in [4.78, 5) is 27.5. The fraction of sp³-hybridized carbons (Fsp3) is 0.167. The van der Waals surface area contributed by atoms with E-state index in [0.717, 1.165) is 16.7 Å². The minimum Gasteiger partial charge on any atom is -0.493 e. The van der Waals surface area contributed by atoms with Gasteiger partial charge in [-0.3, -0.25) is 9.59 Å². The summed E-state index contributed by atoms with van der Waals surface area (Å²) in [5, 5.41) is 2.78. The zero-order chi connectivity index (χ0) is 21.3. The molecule has 1 heterocycles. The van der Waals surface area contributed by atoms with Crippen LogP contribution in [0, 0.1) is 12.7 Å². The van der Waals surface area contributed by atoms with Crippen molar-refractivity contribution in [2.45, 2.75) is 20.0 Å². The van der Waals surface area contributed by atoms with Crippen LogP contribution in [0.25, 0.3) is 0 Å². The van der Waals surface area contributed by atoms with Crippen molar-refractivity contribution < 1.29 is 18.7 Å². The fourth-order valence-corrected chi connectivity index (χ4v) is 3.63. The number of aryl methyl sites for hydroxylation is 1. The molecule has 0 saturated carbocycles. The molecule has 0 bridgehead atoms. The predicted molar refractivity (Wildman–Crippen MR) is 112 cm³/mol. The molecule has 0 fully saturated rings. The lowest BCUT2D eigenvalue weighted by Gasteiger charge is -2.17. The molecule has 30 heavy (non-hydrogen) atoms. The van der Waals surface area contributed by atoms with Gasteiger partial charge in [0.25, 0.3) is 11.8 Å². The molecule has 2 amide bonds. The van der Waals surface area contributed by atoms with Gasteiger partial charge in [0.05, 0.1) is 12.7 Å². The first-order chi connectivity index (χ1) is 14.5. The molecule has 0 aromatic heterocycles. The molecule has 1 aliphatic heterocycles. The molecular weight excluding hydrogens is 383 g/mol. The van der Waals surface area contributed by atoms with E-state index in [0.29, 0.717) is 24.3 Å². The van der Waals surface area contributed by atoms with Crippen LogP contribution in [0.1, 0.15) is 37.4 Å². The molecule has 1 aliphatic rings. The van der Waals surface area contributed by atoms with E-state index in [1.807, 2.05) is 31.2 Å². The maximum absolute atomic E-state index is 13.9. The standard InChI is InChI=1S/C24H21FN2O3/c1-15-10-11-16(24(29)27-13-17-6-3-4-7-18(17)14-27)12-21(15)26-23(28)19-8-5-9-20(25)22(19)30-2/h3-12H,13-14H2,1-2H3,(H,26,28). The van der Waals surface area contributed by atoms with Crippen molar-refractivity contribution in [3.8, 4) is 5.75 Å². The van der Waals surface area contributed by atoms with Crippen LogP contribution in [-0.4, -0.2) is 23.8 Å². The number of ether oxygens (including phenoxy) is 1. The van der Waals surface area contributed by atoms with E-state index in [1.54, 1.807) is 23.1 Å². The number of hydrogen-bond donors (Lipinski definition) is 1. The molecule has 0 saturated heterocycles. The number of hydrogen-bond acceptors (Lipinski definition) is 3. The second kappa shape index (κ2) is 7.99. The average molecular weight is 404 g/mol. The van der Waals surface area contributed by atoms with Gasteiger partial charge in [-0.15, -0.1) is 0 Å². The maximum atomic E-state index is 13.9. The SMILES string of the molecule is COc1c(F)cccc1C(=O)Nc1cc(C(=O)N2Cc3ccccc3C2)ccc1C. The molecular formula is C24H21FN2O3. The Hall–Kier alpha value is -3.67. The third-order valence-corrected chi connectivity index (χ3v) is 5.28.